The quantitative estimate of drug-likeness (QED) is 0.551. The molecule has 1 aromatic carbocycles. The smallest absolute Gasteiger partial charge is 0.354 e. The molecule has 0 bridgehead atoms. The summed E-state index contributed by atoms with van der Waals surface area (Å²) >= 11 is 2.93. The van der Waals surface area contributed by atoms with Gasteiger partial charge in [-0.1, -0.05) is 22.0 Å². The predicted octanol–water partition coefficient (Wildman–Crippen LogP) is 5.50. The van der Waals surface area contributed by atoms with E-state index in [0.29, 0.717) is 29.7 Å². The van der Waals surface area contributed by atoms with Crippen molar-refractivity contribution < 1.29 is 13.2 Å². The third-order valence-corrected chi connectivity index (χ3v) is 4.22. The van der Waals surface area contributed by atoms with Gasteiger partial charge in [-0.25, -0.2) is 4.98 Å². The number of rotatable bonds is 5. The Kier molecular flexibility index (Phi) is 5.59. The number of nitrogens with one attached hydrogen (secondary N) is 2. The van der Waals surface area contributed by atoms with Crippen molar-refractivity contribution in [3.05, 3.63) is 58.7 Å². The number of anilines is 3. The summed E-state index contributed by atoms with van der Waals surface area (Å²) in [6, 6.07) is 11.0. The lowest BCUT2D eigenvalue weighted by Crippen LogP contribution is -2.08. The van der Waals surface area contributed by atoms with E-state index in [1.54, 1.807) is 24.4 Å². The fourth-order valence-corrected chi connectivity index (χ4v) is 2.83. The highest BCUT2D eigenvalue weighted by Gasteiger charge is 2.33. The number of alkyl halides is 3. The van der Waals surface area contributed by atoms with Crippen LogP contribution in [0.3, 0.4) is 0 Å². The van der Waals surface area contributed by atoms with Gasteiger partial charge in [-0.2, -0.15) is 18.2 Å². The lowest BCUT2D eigenvalue weighted by Gasteiger charge is -2.13. The third-order valence-electron chi connectivity index (χ3n) is 3.53. The van der Waals surface area contributed by atoms with Gasteiger partial charge in [-0.3, -0.25) is 4.98 Å². The molecule has 3 rings (SSSR count). The molecule has 2 N–H and O–H groups in total. The molecule has 0 unspecified atom stereocenters. The minimum Gasteiger partial charge on any atom is -0.354 e. The zero-order valence-corrected chi connectivity index (χ0v) is 15.8. The standard InChI is InChI=1S/C18H15BrF3N5/c1-2-23-17-26-15(14-5-3-4-8-24-14)10-16(27-17)25-11-6-7-13(19)12(9-11)18(20,21)22/h3-10H,2H2,1H3,(H2,23,25,26,27). The van der Waals surface area contributed by atoms with Crippen LogP contribution in [0, 0.1) is 0 Å². The van der Waals surface area contributed by atoms with Gasteiger partial charge in [0, 0.05) is 29.0 Å². The zero-order chi connectivity index (χ0) is 19.4. The Hall–Kier alpha value is -2.68. The summed E-state index contributed by atoms with van der Waals surface area (Å²) in [6.07, 6.45) is -2.82. The van der Waals surface area contributed by atoms with Crippen LogP contribution < -0.4 is 10.6 Å². The van der Waals surface area contributed by atoms with Crippen LogP contribution in [0.4, 0.5) is 30.6 Å². The maximum atomic E-state index is 13.1. The van der Waals surface area contributed by atoms with Gasteiger partial charge in [0.25, 0.3) is 0 Å². The van der Waals surface area contributed by atoms with Gasteiger partial charge in [-0.15, -0.1) is 0 Å². The molecule has 2 heterocycles. The summed E-state index contributed by atoms with van der Waals surface area (Å²) in [5.74, 6) is 0.716. The molecule has 0 spiro atoms. The van der Waals surface area contributed by atoms with E-state index in [-0.39, 0.29) is 10.2 Å². The first-order valence-electron chi connectivity index (χ1n) is 8.05. The second kappa shape index (κ2) is 7.91. The summed E-state index contributed by atoms with van der Waals surface area (Å²) in [5.41, 5.74) is 0.683. The first kappa shape index (κ1) is 19.1. The van der Waals surface area contributed by atoms with Gasteiger partial charge in [-0.05, 0) is 37.3 Å². The van der Waals surface area contributed by atoms with Gasteiger partial charge in [0.2, 0.25) is 5.95 Å². The monoisotopic (exact) mass is 437 g/mol. The van der Waals surface area contributed by atoms with Crippen molar-refractivity contribution in [1.82, 2.24) is 15.0 Å². The summed E-state index contributed by atoms with van der Waals surface area (Å²) in [5, 5.41) is 5.92. The average Bonchev–Trinajstić information content (AvgIpc) is 2.63. The molecule has 0 saturated heterocycles. The van der Waals surface area contributed by atoms with Crippen LogP contribution in [0.15, 0.2) is 53.1 Å². The Labute approximate surface area is 162 Å². The average molecular weight is 438 g/mol. The van der Waals surface area contributed by atoms with Crippen LogP contribution in [0.5, 0.6) is 0 Å². The van der Waals surface area contributed by atoms with E-state index in [9.17, 15) is 13.2 Å². The first-order valence-corrected chi connectivity index (χ1v) is 8.84. The fraction of sp³-hybridized carbons (Fsp3) is 0.167. The Balaban J connectivity index is 1.98. The lowest BCUT2D eigenvalue weighted by molar-refractivity contribution is -0.138. The van der Waals surface area contributed by atoms with E-state index in [2.05, 4.69) is 41.5 Å². The van der Waals surface area contributed by atoms with Crippen molar-refractivity contribution in [3.8, 4) is 11.4 Å². The predicted molar refractivity (Wildman–Crippen MR) is 102 cm³/mol. The normalized spacial score (nSPS) is 11.3. The molecule has 5 nitrogen and oxygen atoms in total. The molecule has 0 amide bonds. The number of hydrogen-bond acceptors (Lipinski definition) is 5. The largest absolute Gasteiger partial charge is 0.417 e. The number of nitrogens with zero attached hydrogens (tertiary/aromatic N) is 3. The highest BCUT2D eigenvalue weighted by molar-refractivity contribution is 9.10. The fourth-order valence-electron chi connectivity index (χ4n) is 2.36. The van der Waals surface area contributed by atoms with Gasteiger partial charge in [0.05, 0.1) is 17.0 Å². The second-order valence-electron chi connectivity index (χ2n) is 5.52. The van der Waals surface area contributed by atoms with Gasteiger partial charge < -0.3 is 10.6 Å². The minimum absolute atomic E-state index is 0.0225. The van der Waals surface area contributed by atoms with Crippen molar-refractivity contribution in [1.29, 1.82) is 0 Å². The maximum Gasteiger partial charge on any atom is 0.417 e. The Bertz CT molecular complexity index is 932. The van der Waals surface area contributed by atoms with E-state index in [0.717, 1.165) is 6.07 Å². The third kappa shape index (κ3) is 4.73. The molecule has 9 heteroatoms. The number of hydrogen-bond donors (Lipinski definition) is 2. The van der Waals surface area contributed by atoms with E-state index >= 15 is 0 Å². The van der Waals surface area contributed by atoms with Crippen LogP contribution >= 0.6 is 15.9 Å². The van der Waals surface area contributed by atoms with Crippen LogP contribution in [0.25, 0.3) is 11.4 Å². The molecule has 0 aliphatic heterocycles. The van der Waals surface area contributed by atoms with Crippen molar-refractivity contribution in [2.45, 2.75) is 13.1 Å². The summed E-state index contributed by atoms with van der Waals surface area (Å²) in [6.45, 7) is 2.50. The van der Waals surface area contributed by atoms with E-state index < -0.39 is 11.7 Å². The molecule has 27 heavy (non-hydrogen) atoms. The summed E-state index contributed by atoms with van der Waals surface area (Å²) in [4.78, 5) is 13.0. The Morgan fingerprint density at radius 1 is 1.04 bits per heavy atom. The molecule has 0 fully saturated rings. The topological polar surface area (TPSA) is 62.7 Å². The Morgan fingerprint density at radius 2 is 1.85 bits per heavy atom. The minimum atomic E-state index is -4.46. The highest BCUT2D eigenvalue weighted by atomic mass is 79.9. The van der Waals surface area contributed by atoms with Crippen LogP contribution in [-0.2, 0) is 6.18 Å². The first-order chi connectivity index (χ1) is 12.9. The Morgan fingerprint density at radius 3 is 2.52 bits per heavy atom. The maximum absolute atomic E-state index is 13.1. The van der Waals surface area contributed by atoms with Crippen molar-refractivity contribution in [2.75, 3.05) is 17.2 Å². The van der Waals surface area contributed by atoms with E-state index in [1.807, 2.05) is 13.0 Å². The number of aromatic nitrogens is 3. The van der Waals surface area contributed by atoms with Gasteiger partial charge >= 0.3 is 6.18 Å². The molecular weight excluding hydrogens is 423 g/mol. The second-order valence-corrected chi connectivity index (χ2v) is 6.38. The molecule has 0 atom stereocenters. The molecular formula is C18H15BrF3N5. The van der Waals surface area contributed by atoms with Gasteiger partial charge in [0.15, 0.2) is 0 Å². The molecule has 0 radical (unpaired) electrons. The van der Waals surface area contributed by atoms with Crippen molar-refractivity contribution in [3.63, 3.8) is 0 Å². The summed E-state index contributed by atoms with van der Waals surface area (Å²) in [7, 11) is 0. The molecule has 0 saturated carbocycles. The van der Waals surface area contributed by atoms with E-state index in [1.165, 1.54) is 12.1 Å². The molecule has 2 aromatic heterocycles. The van der Waals surface area contributed by atoms with Gasteiger partial charge in [0.1, 0.15) is 5.82 Å². The molecule has 0 aliphatic rings. The van der Waals surface area contributed by atoms with Crippen molar-refractivity contribution >= 4 is 33.4 Å². The lowest BCUT2D eigenvalue weighted by atomic mass is 10.2. The molecule has 3 aromatic rings. The van der Waals surface area contributed by atoms with Crippen LogP contribution in [-0.4, -0.2) is 21.5 Å². The van der Waals surface area contributed by atoms with E-state index in [4.69, 9.17) is 0 Å². The van der Waals surface area contributed by atoms with Crippen LogP contribution in [0.1, 0.15) is 12.5 Å². The highest BCUT2D eigenvalue weighted by Crippen LogP contribution is 2.37. The number of halogens is 4. The number of benzene rings is 1. The zero-order valence-electron chi connectivity index (χ0n) is 14.2. The van der Waals surface area contributed by atoms with Crippen molar-refractivity contribution in [2.24, 2.45) is 0 Å². The van der Waals surface area contributed by atoms with Crippen LogP contribution in [0.2, 0.25) is 0 Å². The summed E-state index contributed by atoms with van der Waals surface area (Å²) < 4.78 is 39.3. The number of pyridine rings is 1. The molecule has 0 aliphatic carbocycles. The molecule has 140 valence electrons. The SMILES string of the molecule is CCNc1nc(Nc2ccc(Br)c(C(F)(F)F)c2)cc(-c2ccccn2)n1.